The van der Waals surface area contributed by atoms with Crippen LogP contribution < -0.4 is 24.3 Å². The van der Waals surface area contributed by atoms with Crippen molar-refractivity contribution < 1.29 is 23.7 Å². The number of benzene rings is 2. The van der Waals surface area contributed by atoms with Gasteiger partial charge in [-0.15, -0.1) is 11.3 Å². The van der Waals surface area contributed by atoms with Crippen LogP contribution in [0.5, 0.6) is 23.0 Å². The van der Waals surface area contributed by atoms with Gasteiger partial charge in [0.2, 0.25) is 0 Å². The minimum atomic E-state index is -0.292. The summed E-state index contributed by atoms with van der Waals surface area (Å²) in [5, 5.41) is 5.39. The fourth-order valence-electron chi connectivity index (χ4n) is 3.97. The first-order valence-corrected chi connectivity index (χ1v) is 11.4. The molecule has 0 fully saturated rings. The van der Waals surface area contributed by atoms with Crippen LogP contribution in [-0.4, -0.2) is 50.8 Å². The third-order valence-corrected chi connectivity index (χ3v) is 6.41. The van der Waals surface area contributed by atoms with E-state index in [4.69, 9.17) is 18.9 Å². The Labute approximate surface area is 197 Å². The summed E-state index contributed by atoms with van der Waals surface area (Å²) in [6.07, 6.45) is 0.930. The van der Waals surface area contributed by atoms with Crippen molar-refractivity contribution in [1.29, 1.82) is 0 Å². The van der Waals surface area contributed by atoms with Gasteiger partial charge in [-0.1, -0.05) is 6.07 Å². The van der Waals surface area contributed by atoms with Gasteiger partial charge >= 0.3 is 0 Å². The average Bonchev–Trinajstić information content (AvgIpc) is 3.28. The molecular weight excluding hydrogens is 442 g/mol. The summed E-state index contributed by atoms with van der Waals surface area (Å²) >= 11 is 1.40. The summed E-state index contributed by atoms with van der Waals surface area (Å²) in [6, 6.07) is 9.31. The average molecular weight is 470 g/mol. The maximum atomic E-state index is 12.8. The van der Waals surface area contributed by atoms with E-state index in [2.05, 4.69) is 27.3 Å². The summed E-state index contributed by atoms with van der Waals surface area (Å²) < 4.78 is 21.5. The summed E-state index contributed by atoms with van der Waals surface area (Å²) in [5.74, 6) is 2.11. The lowest BCUT2D eigenvalue weighted by atomic mass is 9.98. The van der Waals surface area contributed by atoms with E-state index in [0.717, 1.165) is 36.7 Å². The number of aromatic nitrogens is 1. The van der Waals surface area contributed by atoms with Crippen LogP contribution in [0, 0.1) is 0 Å². The molecule has 1 aromatic heterocycles. The Balaban J connectivity index is 1.42. The van der Waals surface area contributed by atoms with Gasteiger partial charge in [0.25, 0.3) is 5.91 Å². The number of hydrogen-bond acceptors (Lipinski definition) is 8. The molecule has 0 aliphatic carbocycles. The van der Waals surface area contributed by atoms with E-state index in [1.54, 1.807) is 32.4 Å². The van der Waals surface area contributed by atoms with Crippen molar-refractivity contribution in [3.05, 3.63) is 58.1 Å². The molecule has 0 unspecified atom stereocenters. The van der Waals surface area contributed by atoms with Crippen molar-refractivity contribution in [3.63, 3.8) is 0 Å². The smallest absolute Gasteiger partial charge is 0.261 e. The van der Waals surface area contributed by atoms with Gasteiger partial charge in [0.15, 0.2) is 28.1 Å². The van der Waals surface area contributed by atoms with Crippen LogP contribution in [0.1, 0.15) is 27.2 Å². The van der Waals surface area contributed by atoms with Crippen LogP contribution in [0.25, 0.3) is 0 Å². The number of ether oxygens (including phenoxy) is 4. The summed E-state index contributed by atoms with van der Waals surface area (Å²) in [7, 11) is 6.36. The molecule has 1 N–H and O–H groups in total. The molecule has 0 saturated carbocycles. The molecule has 1 aliphatic rings. The highest BCUT2D eigenvalue weighted by Crippen LogP contribution is 2.34. The Morgan fingerprint density at radius 3 is 2.45 bits per heavy atom. The molecule has 1 aliphatic heterocycles. The molecule has 4 rings (SSSR count). The summed E-state index contributed by atoms with van der Waals surface area (Å²) in [6.45, 7) is 2.42. The lowest BCUT2D eigenvalue weighted by Crippen LogP contribution is -2.30. The second kappa shape index (κ2) is 10.1. The largest absolute Gasteiger partial charge is 0.493 e. The fraction of sp³-hybridized carbons (Fsp3) is 0.333. The van der Waals surface area contributed by atoms with Crippen LogP contribution in [0.15, 0.2) is 35.7 Å². The minimum absolute atomic E-state index is 0.292. The van der Waals surface area contributed by atoms with Gasteiger partial charge in [-0.25, -0.2) is 4.98 Å². The summed E-state index contributed by atoms with van der Waals surface area (Å²) in [4.78, 5) is 19.7. The first kappa shape index (κ1) is 22.9. The standard InChI is InChI=1S/C24H27N3O5S/c1-29-19-7-5-6-18(22(19)32-4)23(28)26-24-25-17(14-33-24)13-27-9-8-15-10-20(30-2)21(31-3)11-16(15)12-27/h5-7,10-11,14H,8-9,12-13H2,1-4H3,(H,25,26,28). The topological polar surface area (TPSA) is 82.2 Å². The molecule has 8 nitrogen and oxygen atoms in total. The number of amides is 1. The number of para-hydroxylation sites is 1. The molecule has 0 spiro atoms. The Hall–Kier alpha value is -3.30. The molecule has 0 bridgehead atoms. The van der Waals surface area contributed by atoms with Gasteiger partial charge in [-0.3, -0.25) is 15.0 Å². The lowest BCUT2D eigenvalue weighted by Gasteiger charge is -2.29. The third-order valence-electron chi connectivity index (χ3n) is 5.60. The number of anilines is 1. The second-order valence-electron chi connectivity index (χ2n) is 7.58. The highest BCUT2D eigenvalue weighted by Gasteiger charge is 2.21. The van der Waals surface area contributed by atoms with Gasteiger partial charge in [-0.2, -0.15) is 0 Å². The van der Waals surface area contributed by atoms with Gasteiger partial charge in [0, 0.05) is 25.0 Å². The molecule has 3 aromatic rings. The van der Waals surface area contributed by atoms with Crippen molar-refractivity contribution >= 4 is 22.4 Å². The first-order chi connectivity index (χ1) is 16.1. The normalized spacial score (nSPS) is 13.2. The molecule has 0 radical (unpaired) electrons. The Morgan fingerprint density at radius 1 is 1.03 bits per heavy atom. The van der Waals surface area contributed by atoms with Crippen LogP contribution in [-0.2, 0) is 19.5 Å². The Kier molecular flexibility index (Phi) is 7.00. The molecule has 9 heteroatoms. The highest BCUT2D eigenvalue weighted by molar-refractivity contribution is 7.14. The van der Waals surface area contributed by atoms with Crippen molar-refractivity contribution in [1.82, 2.24) is 9.88 Å². The van der Waals surface area contributed by atoms with Crippen molar-refractivity contribution in [2.45, 2.75) is 19.5 Å². The van der Waals surface area contributed by atoms with Crippen LogP contribution >= 0.6 is 11.3 Å². The number of thiazole rings is 1. The van der Waals surface area contributed by atoms with E-state index in [1.807, 2.05) is 5.38 Å². The molecular formula is C24H27N3O5S. The van der Waals surface area contributed by atoms with Gasteiger partial charge in [-0.05, 0) is 41.8 Å². The second-order valence-corrected chi connectivity index (χ2v) is 8.43. The van der Waals surface area contributed by atoms with E-state index >= 15 is 0 Å². The molecule has 33 heavy (non-hydrogen) atoms. The molecule has 0 atom stereocenters. The molecule has 2 aromatic carbocycles. The number of hydrogen-bond donors (Lipinski definition) is 1. The zero-order chi connectivity index (χ0) is 23.4. The first-order valence-electron chi connectivity index (χ1n) is 10.5. The van der Waals surface area contributed by atoms with E-state index in [-0.39, 0.29) is 5.91 Å². The molecule has 0 saturated heterocycles. The number of fused-ring (bicyclic) bond motifs is 1. The quantitative estimate of drug-likeness (QED) is 0.534. The molecule has 1 amide bonds. The van der Waals surface area contributed by atoms with E-state index in [9.17, 15) is 4.79 Å². The van der Waals surface area contributed by atoms with Crippen LogP contribution in [0.2, 0.25) is 0 Å². The van der Waals surface area contributed by atoms with Crippen LogP contribution in [0.4, 0.5) is 5.13 Å². The van der Waals surface area contributed by atoms with Crippen molar-refractivity contribution in [2.24, 2.45) is 0 Å². The van der Waals surface area contributed by atoms with Gasteiger partial charge < -0.3 is 18.9 Å². The van der Waals surface area contributed by atoms with Gasteiger partial charge in [0.1, 0.15) is 0 Å². The zero-order valence-corrected chi connectivity index (χ0v) is 20.0. The van der Waals surface area contributed by atoms with E-state index < -0.39 is 0 Å². The number of nitrogens with zero attached hydrogens (tertiary/aromatic N) is 2. The fourth-order valence-corrected chi connectivity index (χ4v) is 4.67. The highest BCUT2D eigenvalue weighted by atomic mass is 32.1. The third kappa shape index (κ3) is 4.89. The molecule has 174 valence electrons. The maximum Gasteiger partial charge on any atom is 0.261 e. The molecule has 2 heterocycles. The maximum absolute atomic E-state index is 12.8. The minimum Gasteiger partial charge on any atom is -0.493 e. The van der Waals surface area contributed by atoms with E-state index in [1.165, 1.54) is 36.7 Å². The number of rotatable bonds is 8. The van der Waals surface area contributed by atoms with E-state index in [0.29, 0.717) is 28.7 Å². The predicted octanol–water partition coefficient (Wildman–Crippen LogP) is 3.99. The Morgan fingerprint density at radius 2 is 1.76 bits per heavy atom. The number of methoxy groups -OCH3 is 4. The lowest BCUT2D eigenvalue weighted by molar-refractivity contribution is 0.102. The number of nitrogens with one attached hydrogen (secondary N) is 1. The zero-order valence-electron chi connectivity index (χ0n) is 19.1. The number of carbonyl (C=O) groups is 1. The number of carbonyl (C=O) groups excluding carboxylic acids is 1. The van der Waals surface area contributed by atoms with Crippen molar-refractivity contribution in [2.75, 3.05) is 40.3 Å². The monoisotopic (exact) mass is 469 g/mol. The van der Waals surface area contributed by atoms with Crippen LogP contribution in [0.3, 0.4) is 0 Å². The predicted molar refractivity (Wildman–Crippen MR) is 127 cm³/mol. The van der Waals surface area contributed by atoms with Gasteiger partial charge in [0.05, 0.1) is 39.7 Å². The Bertz CT molecular complexity index is 1150. The summed E-state index contributed by atoms with van der Waals surface area (Å²) in [5.41, 5.74) is 3.82. The SMILES string of the molecule is COc1cc2c(cc1OC)CN(Cc1csc(NC(=O)c3cccc(OC)c3OC)n1)CC2. The van der Waals surface area contributed by atoms with Crippen molar-refractivity contribution in [3.8, 4) is 23.0 Å².